The Balaban J connectivity index is 0. The van der Waals surface area contributed by atoms with Gasteiger partial charge < -0.3 is 4.74 Å². The lowest BCUT2D eigenvalue weighted by molar-refractivity contribution is -0.191. The molecule has 0 fully saturated rings. The van der Waals surface area contributed by atoms with Crippen LogP contribution in [-0.2, 0) is 19.1 Å². The molecule has 4 heteroatoms. The number of hydrogen-bond acceptors (Lipinski definition) is 4. The van der Waals surface area contributed by atoms with Crippen LogP contribution in [0.4, 0.5) is 0 Å². The molecule has 0 aliphatic rings. The Morgan fingerprint density at radius 1 is 0.941 bits per heavy atom. The highest BCUT2D eigenvalue weighted by atomic mass is 16.5. The maximum Gasteiger partial charge on any atom is 0.373 e. The van der Waals surface area contributed by atoms with E-state index in [2.05, 4.69) is 13.8 Å². The van der Waals surface area contributed by atoms with Crippen LogP contribution in [0.25, 0.3) is 0 Å². The van der Waals surface area contributed by atoms with Crippen LogP contribution in [0.1, 0.15) is 65.2 Å². The first kappa shape index (κ1) is 18.2. The van der Waals surface area contributed by atoms with Crippen molar-refractivity contribution in [3.05, 3.63) is 0 Å². The summed E-state index contributed by atoms with van der Waals surface area (Å²) in [5.74, 6) is -0.0186. The molecule has 0 aromatic carbocycles. The molecule has 0 heterocycles. The molecule has 0 atom stereocenters. The third kappa shape index (κ3) is 20.8. The van der Waals surface area contributed by atoms with E-state index in [0.29, 0.717) is 13.0 Å². The normalized spacial score (nSPS) is 8.82. The van der Waals surface area contributed by atoms with Gasteiger partial charge in [0.15, 0.2) is 0 Å². The van der Waals surface area contributed by atoms with Crippen LogP contribution in [0, 0.1) is 0 Å². The molecule has 0 spiro atoms. The molecule has 100 valence electrons. The third-order valence-electron chi connectivity index (χ3n) is 2.25. The Labute approximate surface area is 104 Å². The molecule has 0 saturated carbocycles. The van der Waals surface area contributed by atoms with Gasteiger partial charge >= 0.3 is 12.1 Å². The lowest BCUT2D eigenvalue weighted by atomic mass is 10.1. The second kappa shape index (κ2) is 17.3. The molecule has 0 aliphatic heterocycles. The number of unbranched alkanes of at least 4 members (excludes halogenated alkanes) is 5. The quantitative estimate of drug-likeness (QED) is 0.462. The summed E-state index contributed by atoms with van der Waals surface area (Å²) in [6.07, 6.45) is 8.87. The highest BCUT2D eigenvalue weighted by Gasteiger charge is 2.01. The fraction of sp³-hybridized carbons (Fsp3) is 0.846. The van der Waals surface area contributed by atoms with Gasteiger partial charge in [0.2, 0.25) is 0 Å². The first-order chi connectivity index (χ1) is 8.22. The maximum atomic E-state index is 11.1. The van der Waals surface area contributed by atoms with Crippen LogP contribution in [-0.4, -0.2) is 18.7 Å². The van der Waals surface area contributed by atoms with Crippen molar-refractivity contribution in [1.29, 1.82) is 0 Å². The third-order valence-corrected chi connectivity index (χ3v) is 2.25. The minimum Gasteiger partial charge on any atom is -0.466 e. The molecule has 4 nitrogen and oxygen atoms in total. The van der Waals surface area contributed by atoms with E-state index in [9.17, 15) is 4.79 Å². The molecule has 0 rings (SSSR count). The molecular weight excluding hydrogens is 220 g/mol. The van der Waals surface area contributed by atoms with E-state index in [0.717, 1.165) is 25.7 Å². The van der Waals surface area contributed by atoms with Gasteiger partial charge in [0.05, 0.1) is 6.61 Å². The summed E-state index contributed by atoms with van der Waals surface area (Å²) in [5, 5.41) is 0. The van der Waals surface area contributed by atoms with E-state index < -0.39 is 0 Å². The van der Waals surface area contributed by atoms with Crippen molar-refractivity contribution in [2.45, 2.75) is 65.2 Å². The molecule has 0 amide bonds. The molecule has 17 heavy (non-hydrogen) atoms. The average molecular weight is 244 g/mol. The number of carbonyl (C=O) groups is 1. The first-order valence-electron chi connectivity index (χ1n) is 6.37. The van der Waals surface area contributed by atoms with Crippen molar-refractivity contribution in [2.75, 3.05) is 6.61 Å². The summed E-state index contributed by atoms with van der Waals surface area (Å²) in [6.45, 7) is 4.89. The first-order valence-corrected chi connectivity index (χ1v) is 6.37. The van der Waals surface area contributed by atoms with Crippen molar-refractivity contribution in [1.82, 2.24) is 0 Å². The second-order valence-corrected chi connectivity index (χ2v) is 3.82. The molecule has 0 unspecified atom stereocenters. The summed E-state index contributed by atoms with van der Waals surface area (Å²) in [5.41, 5.74) is 0. The number of esters is 1. The minimum atomic E-state index is -0.0186. The van der Waals surface area contributed by atoms with Gasteiger partial charge in [-0.1, -0.05) is 46.0 Å². The van der Waals surface area contributed by atoms with Gasteiger partial charge in [0.25, 0.3) is 0 Å². The van der Waals surface area contributed by atoms with Crippen molar-refractivity contribution < 1.29 is 19.1 Å². The van der Waals surface area contributed by atoms with E-state index in [1.807, 2.05) is 0 Å². The van der Waals surface area contributed by atoms with Crippen LogP contribution < -0.4 is 0 Å². The highest BCUT2D eigenvalue weighted by molar-refractivity contribution is 5.69. The Kier molecular flexibility index (Phi) is 18.5. The Hall–Kier alpha value is -1.15. The molecule has 0 saturated heterocycles. The van der Waals surface area contributed by atoms with E-state index in [4.69, 9.17) is 14.3 Å². The Bertz CT molecular complexity index is 196. The second-order valence-electron chi connectivity index (χ2n) is 3.82. The largest absolute Gasteiger partial charge is 0.466 e. The SMILES string of the molecule is CCCCCCCC(=O)OCCCC.O=C=O. The smallest absolute Gasteiger partial charge is 0.373 e. The van der Waals surface area contributed by atoms with Crippen molar-refractivity contribution in [3.63, 3.8) is 0 Å². The van der Waals surface area contributed by atoms with Gasteiger partial charge in [-0.2, -0.15) is 9.59 Å². The zero-order valence-corrected chi connectivity index (χ0v) is 11.0. The summed E-state index contributed by atoms with van der Waals surface area (Å²) in [7, 11) is 0. The number of ether oxygens (including phenoxy) is 1. The summed E-state index contributed by atoms with van der Waals surface area (Å²) >= 11 is 0. The topological polar surface area (TPSA) is 60.4 Å². The molecule has 0 N–H and O–H groups in total. The molecule has 0 aromatic rings. The average Bonchev–Trinajstić information content (AvgIpc) is 2.30. The maximum absolute atomic E-state index is 11.1. The molecule has 0 radical (unpaired) electrons. The van der Waals surface area contributed by atoms with Crippen LogP contribution in [0.2, 0.25) is 0 Å². The van der Waals surface area contributed by atoms with Gasteiger partial charge in [-0.15, -0.1) is 0 Å². The van der Waals surface area contributed by atoms with Crippen LogP contribution in [0.5, 0.6) is 0 Å². The molecular formula is C13H24O4. The van der Waals surface area contributed by atoms with Crippen LogP contribution in [0.3, 0.4) is 0 Å². The Morgan fingerprint density at radius 3 is 2.00 bits per heavy atom. The summed E-state index contributed by atoms with van der Waals surface area (Å²) < 4.78 is 5.05. The fourth-order valence-electron chi connectivity index (χ4n) is 1.28. The van der Waals surface area contributed by atoms with Gasteiger partial charge in [0, 0.05) is 6.42 Å². The minimum absolute atomic E-state index is 0.0186. The lowest BCUT2D eigenvalue weighted by Gasteiger charge is -2.03. The van der Waals surface area contributed by atoms with Gasteiger partial charge in [-0.25, -0.2) is 0 Å². The van der Waals surface area contributed by atoms with Crippen LogP contribution in [0.15, 0.2) is 0 Å². The number of rotatable bonds is 9. The zero-order valence-electron chi connectivity index (χ0n) is 11.0. The van der Waals surface area contributed by atoms with E-state index in [-0.39, 0.29) is 12.1 Å². The summed E-state index contributed by atoms with van der Waals surface area (Å²) in [6, 6.07) is 0. The standard InChI is InChI=1S/C12H24O2.CO2/c1-3-5-7-8-9-10-12(13)14-11-6-4-2;2-1-3/h3-11H2,1-2H3;. The predicted octanol–water partition coefficient (Wildman–Crippen LogP) is 3.11. The molecule has 0 aromatic heterocycles. The molecule has 0 aliphatic carbocycles. The predicted molar refractivity (Wildman–Crippen MR) is 64.3 cm³/mol. The highest BCUT2D eigenvalue weighted by Crippen LogP contribution is 2.05. The van der Waals surface area contributed by atoms with E-state index in [1.165, 1.54) is 19.3 Å². The number of hydrogen-bond donors (Lipinski definition) is 0. The van der Waals surface area contributed by atoms with Gasteiger partial charge in [-0.3, -0.25) is 4.79 Å². The molecule has 0 bridgehead atoms. The van der Waals surface area contributed by atoms with Crippen molar-refractivity contribution in [3.8, 4) is 0 Å². The monoisotopic (exact) mass is 244 g/mol. The van der Waals surface area contributed by atoms with Crippen molar-refractivity contribution >= 4 is 12.1 Å². The van der Waals surface area contributed by atoms with E-state index in [1.54, 1.807) is 0 Å². The lowest BCUT2D eigenvalue weighted by Crippen LogP contribution is -2.05. The Morgan fingerprint density at radius 2 is 1.47 bits per heavy atom. The number of carbonyl (C=O) groups excluding carboxylic acids is 3. The van der Waals surface area contributed by atoms with Crippen LogP contribution >= 0.6 is 0 Å². The fourth-order valence-corrected chi connectivity index (χ4v) is 1.28. The van der Waals surface area contributed by atoms with Gasteiger partial charge in [0.1, 0.15) is 0 Å². The summed E-state index contributed by atoms with van der Waals surface area (Å²) in [4.78, 5) is 27.4. The zero-order chi connectivity index (χ0) is 13.4. The van der Waals surface area contributed by atoms with Crippen molar-refractivity contribution in [2.24, 2.45) is 0 Å². The van der Waals surface area contributed by atoms with Gasteiger partial charge in [-0.05, 0) is 12.8 Å². The van der Waals surface area contributed by atoms with E-state index >= 15 is 0 Å².